The van der Waals surface area contributed by atoms with Crippen LogP contribution in [0.25, 0.3) is 0 Å². The Morgan fingerprint density at radius 2 is 2.27 bits per heavy atom. The van der Waals surface area contributed by atoms with Crippen molar-refractivity contribution in [2.45, 2.75) is 26.7 Å². The Bertz CT molecular complexity index is 229. The molecule has 11 heavy (non-hydrogen) atoms. The first-order chi connectivity index (χ1) is 5.13. The molecular formula is C10H14O. The SMILES string of the molecule is CC(=O)[C@]1(C)C[C@H]2C=C[C@H]1C2. The van der Waals surface area contributed by atoms with Gasteiger partial charge in [0.15, 0.2) is 0 Å². The molecule has 1 heteroatoms. The number of ketones is 1. The molecule has 0 radical (unpaired) electrons. The number of Topliss-reactive ketones (excluding diaryl/α,β-unsaturated/α-hetero) is 1. The highest BCUT2D eigenvalue weighted by Crippen LogP contribution is 2.52. The van der Waals surface area contributed by atoms with Gasteiger partial charge in [-0.1, -0.05) is 19.1 Å². The zero-order valence-electron chi connectivity index (χ0n) is 7.13. The standard InChI is InChI=1S/C10H14O/c1-7(11)10(2)6-8-3-4-9(10)5-8/h3-4,8-9H,5-6H2,1-2H3/t8-,9-,10-/m0/s1. The van der Waals surface area contributed by atoms with Crippen molar-refractivity contribution in [1.29, 1.82) is 0 Å². The lowest BCUT2D eigenvalue weighted by Gasteiger charge is -2.27. The lowest BCUT2D eigenvalue weighted by Crippen LogP contribution is -2.29. The van der Waals surface area contributed by atoms with Gasteiger partial charge >= 0.3 is 0 Å². The summed E-state index contributed by atoms with van der Waals surface area (Å²) in [6.07, 6.45) is 6.81. The van der Waals surface area contributed by atoms with E-state index in [1.54, 1.807) is 6.92 Å². The van der Waals surface area contributed by atoms with Crippen molar-refractivity contribution >= 4 is 5.78 Å². The van der Waals surface area contributed by atoms with Crippen LogP contribution in [-0.4, -0.2) is 5.78 Å². The summed E-state index contributed by atoms with van der Waals surface area (Å²) in [6.45, 7) is 3.85. The van der Waals surface area contributed by atoms with Gasteiger partial charge in [0.2, 0.25) is 0 Å². The van der Waals surface area contributed by atoms with Crippen LogP contribution < -0.4 is 0 Å². The van der Waals surface area contributed by atoms with Crippen LogP contribution in [0.5, 0.6) is 0 Å². The Hall–Kier alpha value is -0.590. The van der Waals surface area contributed by atoms with E-state index in [-0.39, 0.29) is 5.41 Å². The highest BCUT2D eigenvalue weighted by molar-refractivity contribution is 5.83. The molecular weight excluding hydrogens is 136 g/mol. The molecule has 0 spiro atoms. The second-order valence-corrected chi connectivity index (χ2v) is 4.16. The van der Waals surface area contributed by atoms with Crippen molar-refractivity contribution in [2.75, 3.05) is 0 Å². The summed E-state index contributed by atoms with van der Waals surface area (Å²) in [7, 11) is 0. The highest BCUT2D eigenvalue weighted by atomic mass is 16.1. The summed E-state index contributed by atoms with van der Waals surface area (Å²) < 4.78 is 0. The van der Waals surface area contributed by atoms with Crippen molar-refractivity contribution in [3.8, 4) is 0 Å². The van der Waals surface area contributed by atoms with Crippen LogP contribution >= 0.6 is 0 Å². The van der Waals surface area contributed by atoms with Crippen LogP contribution in [0.2, 0.25) is 0 Å². The maximum Gasteiger partial charge on any atom is 0.136 e. The van der Waals surface area contributed by atoms with Gasteiger partial charge in [-0.15, -0.1) is 0 Å². The minimum Gasteiger partial charge on any atom is -0.299 e. The summed E-state index contributed by atoms with van der Waals surface area (Å²) in [5.74, 6) is 1.62. The number of fused-ring (bicyclic) bond motifs is 2. The summed E-state index contributed by atoms with van der Waals surface area (Å²) in [5.41, 5.74) is -0.0145. The van der Waals surface area contributed by atoms with Crippen molar-refractivity contribution in [1.82, 2.24) is 0 Å². The summed E-state index contributed by atoms with van der Waals surface area (Å²) in [6, 6.07) is 0. The molecule has 1 saturated carbocycles. The average molecular weight is 150 g/mol. The minimum atomic E-state index is -0.0145. The van der Waals surface area contributed by atoms with Crippen molar-refractivity contribution < 1.29 is 4.79 Å². The molecule has 0 N–H and O–H groups in total. The number of carbonyl (C=O) groups excluding carboxylic acids is 1. The Labute approximate surface area is 67.5 Å². The predicted octanol–water partition coefficient (Wildman–Crippen LogP) is 2.18. The molecule has 0 saturated heterocycles. The maximum absolute atomic E-state index is 11.3. The Balaban J connectivity index is 2.30. The molecule has 0 aromatic rings. The van der Waals surface area contributed by atoms with Gasteiger partial charge in [0.1, 0.15) is 5.78 Å². The molecule has 0 heterocycles. The van der Waals surface area contributed by atoms with Crippen LogP contribution in [0.3, 0.4) is 0 Å². The van der Waals surface area contributed by atoms with Gasteiger partial charge in [-0.2, -0.15) is 0 Å². The van der Waals surface area contributed by atoms with Crippen LogP contribution in [0, 0.1) is 17.3 Å². The molecule has 2 aliphatic rings. The van der Waals surface area contributed by atoms with E-state index in [4.69, 9.17) is 0 Å². The van der Waals surface area contributed by atoms with Crippen LogP contribution in [0.15, 0.2) is 12.2 Å². The maximum atomic E-state index is 11.3. The second-order valence-electron chi connectivity index (χ2n) is 4.16. The van der Waals surface area contributed by atoms with E-state index < -0.39 is 0 Å². The third kappa shape index (κ3) is 0.800. The molecule has 2 aliphatic carbocycles. The summed E-state index contributed by atoms with van der Waals surface area (Å²) >= 11 is 0. The largest absolute Gasteiger partial charge is 0.299 e. The lowest BCUT2D eigenvalue weighted by molar-refractivity contribution is -0.126. The van der Waals surface area contributed by atoms with Crippen molar-refractivity contribution in [3.05, 3.63) is 12.2 Å². The van der Waals surface area contributed by atoms with Gasteiger partial charge < -0.3 is 0 Å². The third-order valence-corrected chi connectivity index (χ3v) is 3.48. The number of carbonyl (C=O) groups is 1. The summed E-state index contributed by atoms with van der Waals surface area (Å²) in [4.78, 5) is 11.3. The normalized spacial score (nSPS) is 46.7. The van der Waals surface area contributed by atoms with E-state index in [2.05, 4.69) is 19.1 Å². The Morgan fingerprint density at radius 1 is 1.55 bits per heavy atom. The highest BCUT2D eigenvalue weighted by Gasteiger charge is 2.47. The molecule has 0 amide bonds. The van der Waals surface area contributed by atoms with Crippen LogP contribution in [0.4, 0.5) is 0 Å². The first-order valence-corrected chi connectivity index (χ1v) is 4.32. The van der Waals surface area contributed by atoms with Gasteiger partial charge in [-0.05, 0) is 31.6 Å². The van der Waals surface area contributed by atoms with Gasteiger partial charge in [0.25, 0.3) is 0 Å². The lowest BCUT2D eigenvalue weighted by atomic mass is 9.75. The van der Waals surface area contributed by atoms with Gasteiger partial charge in [-0.25, -0.2) is 0 Å². The number of allylic oxidation sites excluding steroid dienone is 2. The van der Waals surface area contributed by atoms with Crippen LogP contribution in [-0.2, 0) is 4.79 Å². The third-order valence-electron chi connectivity index (χ3n) is 3.48. The molecule has 0 unspecified atom stereocenters. The zero-order valence-corrected chi connectivity index (χ0v) is 7.13. The fraction of sp³-hybridized carbons (Fsp3) is 0.700. The van der Waals surface area contributed by atoms with E-state index in [0.717, 1.165) is 6.42 Å². The zero-order chi connectivity index (χ0) is 8.06. The first-order valence-electron chi connectivity index (χ1n) is 4.32. The van der Waals surface area contributed by atoms with E-state index in [9.17, 15) is 4.79 Å². The smallest absolute Gasteiger partial charge is 0.136 e. The predicted molar refractivity (Wildman–Crippen MR) is 44.1 cm³/mol. The molecule has 1 fully saturated rings. The van der Waals surface area contributed by atoms with Crippen LogP contribution in [0.1, 0.15) is 26.7 Å². The Kier molecular flexibility index (Phi) is 1.26. The number of hydrogen-bond acceptors (Lipinski definition) is 1. The van der Waals surface area contributed by atoms with Gasteiger partial charge in [0, 0.05) is 5.41 Å². The van der Waals surface area contributed by atoms with Crippen molar-refractivity contribution in [2.24, 2.45) is 17.3 Å². The van der Waals surface area contributed by atoms with E-state index in [1.807, 2.05) is 0 Å². The topological polar surface area (TPSA) is 17.1 Å². The molecule has 0 aliphatic heterocycles. The molecule has 0 aromatic carbocycles. The average Bonchev–Trinajstić information content (AvgIpc) is 2.45. The van der Waals surface area contributed by atoms with E-state index in [0.29, 0.717) is 17.6 Å². The van der Waals surface area contributed by atoms with E-state index in [1.165, 1.54) is 6.42 Å². The molecule has 60 valence electrons. The Morgan fingerprint density at radius 3 is 2.55 bits per heavy atom. The molecule has 2 rings (SSSR count). The van der Waals surface area contributed by atoms with Gasteiger partial charge in [-0.3, -0.25) is 4.79 Å². The molecule has 3 atom stereocenters. The number of hydrogen-bond donors (Lipinski definition) is 0. The summed E-state index contributed by atoms with van der Waals surface area (Å²) in [5, 5.41) is 0. The fourth-order valence-electron chi connectivity index (χ4n) is 2.50. The molecule has 2 bridgehead atoms. The first kappa shape index (κ1) is 7.08. The monoisotopic (exact) mass is 150 g/mol. The fourth-order valence-corrected chi connectivity index (χ4v) is 2.50. The van der Waals surface area contributed by atoms with Crippen molar-refractivity contribution in [3.63, 3.8) is 0 Å². The van der Waals surface area contributed by atoms with Gasteiger partial charge in [0.05, 0.1) is 0 Å². The molecule has 0 aromatic heterocycles. The van der Waals surface area contributed by atoms with E-state index >= 15 is 0 Å². The quantitative estimate of drug-likeness (QED) is 0.523. The molecule has 1 nitrogen and oxygen atoms in total. The minimum absolute atomic E-state index is 0.0145. The second kappa shape index (κ2) is 1.96. The number of rotatable bonds is 1.